The fourth-order valence-electron chi connectivity index (χ4n) is 3.13. The van der Waals surface area contributed by atoms with Crippen LogP contribution in [0.2, 0.25) is 0 Å². The third-order valence-electron chi connectivity index (χ3n) is 4.48. The Morgan fingerprint density at radius 1 is 1.32 bits per heavy atom. The quantitative estimate of drug-likeness (QED) is 0.852. The first kappa shape index (κ1) is 12.5. The fraction of sp³-hybridized carbons (Fsp3) is 0.600. The van der Waals surface area contributed by atoms with E-state index in [4.69, 9.17) is 5.73 Å². The Morgan fingerprint density at radius 3 is 2.68 bits per heavy atom. The lowest BCUT2D eigenvalue weighted by Gasteiger charge is -2.35. The topological polar surface area (TPSA) is 56.7 Å². The number of imidazole rings is 1. The van der Waals surface area contributed by atoms with Gasteiger partial charge in [-0.25, -0.2) is 9.97 Å². The van der Waals surface area contributed by atoms with Crippen molar-refractivity contribution in [3.8, 4) is 0 Å². The number of rotatable bonds is 1. The van der Waals surface area contributed by atoms with Gasteiger partial charge >= 0.3 is 0 Å². The smallest absolute Gasteiger partial charge is 0.202 e. The standard InChI is InChI=1S/C15H22N4/c1-10-6-9-17-13-12(10)18-14(16)19(13)11-4-7-15(2,3)8-5-11/h6,9,11H,4-5,7-8H2,1-3H3,(H2,16,18). The van der Waals surface area contributed by atoms with Crippen LogP contribution in [0.4, 0.5) is 5.95 Å². The number of hydrogen-bond acceptors (Lipinski definition) is 3. The predicted octanol–water partition coefficient (Wildman–Crippen LogP) is 3.46. The maximum absolute atomic E-state index is 6.13. The van der Waals surface area contributed by atoms with Gasteiger partial charge in [0.1, 0.15) is 5.52 Å². The number of anilines is 1. The molecule has 2 heterocycles. The second kappa shape index (κ2) is 4.22. The molecule has 4 heteroatoms. The molecular formula is C15H22N4. The van der Waals surface area contributed by atoms with Crippen LogP contribution in [0.5, 0.6) is 0 Å². The van der Waals surface area contributed by atoms with E-state index in [0.29, 0.717) is 17.4 Å². The van der Waals surface area contributed by atoms with Crippen molar-refractivity contribution in [1.82, 2.24) is 14.5 Å². The zero-order chi connectivity index (χ0) is 13.6. The predicted molar refractivity (Wildman–Crippen MR) is 78.0 cm³/mol. The molecule has 1 saturated carbocycles. The summed E-state index contributed by atoms with van der Waals surface area (Å²) in [6.07, 6.45) is 6.66. The van der Waals surface area contributed by atoms with Crippen LogP contribution in [0.25, 0.3) is 11.2 Å². The highest BCUT2D eigenvalue weighted by Crippen LogP contribution is 2.41. The van der Waals surface area contributed by atoms with Crippen molar-refractivity contribution in [3.63, 3.8) is 0 Å². The molecule has 0 aromatic carbocycles. The van der Waals surface area contributed by atoms with Crippen molar-refractivity contribution in [2.45, 2.75) is 52.5 Å². The summed E-state index contributed by atoms with van der Waals surface area (Å²) < 4.78 is 2.15. The first-order valence-corrected chi connectivity index (χ1v) is 7.07. The zero-order valence-corrected chi connectivity index (χ0v) is 12.0. The summed E-state index contributed by atoms with van der Waals surface area (Å²) in [4.78, 5) is 9.00. The van der Waals surface area contributed by atoms with Gasteiger partial charge in [0, 0.05) is 12.2 Å². The Labute approximate surface area is 114 Å². The van der Waals surface area contributed by atoms with E-state index in [0.717, 1.165) is 29.6 Å². The summed E-state index contributed by atoms with van der Waals surface area (Å²) in [6.45, 7) is 6.76. The third-order valence-corrected chi connectivity index (χ3v) is 4.48. The summed E-state index contributed by atoms with van der Waals surface area (Å²) in [5.74, 6) is 0.613. The van der Waals surface area contributed by atoms with Crippen molar-refractivity contribution in [2.24, 2.45) is 5.41 Å². The summed E-state index contributed by atoms with van der Waals surface area (Å²) in [7, 11) is 0. The van der Waals surface area contributed by atoms with E-state index >= 15 is 0 Å². The Balaban J connectivity index is 2.02. The second-order valence-corrected chi connectivity index (χ2v) is 6.54. The van der Waals surface area contributed by atoms with Gasteiger partial charge in [-0.05, 0) is 49.7 Å². The highest BCUT2D eigenvalue weighted by molar-refractivity contribution is 5.77. The Morgan fingerprint density at radius 2 is 2.00 bits per heavy atom. The lowest BCUT2D eigenvalue weighted by molar-refractivity contribution is 0.196. The SMILES string of the molecule is Cc1ccnc2c1nc(N)n2C1CCC(C)(C)CC1. The number of aromatic nitrogens is 3. The Hall–Kier alpha value is -1.58. The maximum atomic E-state index is 6.13. The number of aryl methyl sites for hydroxylation is 1. The van der Waals surface area contributed by atoms with Gasteiger partial charge in [-0.1, -0.05) is 13.8 Å². The fourth-order valence-corrected chi connectivity index (χ4v) is 3.13. The van der Waals surface area contributed by atoms with Crippen LogP contribution in [0.1, 0.15) is 51.1 Å². The monoisotopic (exact) mass is 258 g/mol. The molecule has 0 bridgehead atoms. The van der Waals surface area contributed by atoms with Gasteiger partial charge in [0.2, 0.25) is 5.95 Å². The number of pyridine rings is 1. The maximum Gasteiger partial charge on any atom is 0.202 e. The molecule has 1 aliphatic carbocycles. The number of nitrogen functional groups attached to an aromatic ring is 1. The molecule has 102 valence electrons. The van der Waals surface area contributed by atoms with E-state index in [1.807, 2.05) is 12.3 Å². The molecule has 0 spiro atoms. The molecule has 4 nitrogen and oxygen atoms in total. The van der Waals surface area contributed by atoms with E-state index in [9.17, 15) is 0 Å². The summed E-state index contributed by atoms with van der Waals surface area (Å²) in [5, 5.41) is 0. The number of nitrogens with zero attached hydrogens (tertiary/aromatic N) is 3. The van der Waals surface area contributed by atoms with Crippen LogP contribution in [0.3, 0.4) is 0 Å². The van der Waals surface area contributed by atoms with Gasteiger partial charge in [0.05, 0.1) is 0 Å². The summed E-state index contributed by atoms with van der Waals surface area (Å²) in [5.41, 5.74) is 9.64. The van der Waals surface area contributed by atoms with Crippen LogP contribution < -0.4 is 5.73 Å². The van der Waals surface area contributed by atoms with Crippen LogP contribution in [0, 0.1) is 12.3 Å². The molecule has 3 rings (SSSR count). The van der Waals surface area contributed by atoms with E-state index < -0.39 is 0 Å². The van der Waals surface area contributed by atoms with Gasteiger partial charge in [0.15, 0.2) is 5.65 Å². The minimum absolute atomic E-state index is 0.451. The lowest BCUT2D eigenvalue weighted by atomic mass is 9.75. The molecule has 19 heavy (non-hydrogen) atoms. The molecule has 2 aromatic rings. The Kier molecular flexibility index (Phi) is 2.77. The molecule has 1 fully saturated rings. The summed E-state index contributed by atoms with van der Waals surface area (Å²) >= 11 is 0. The van der Waals surface area contributed by atoms with E-state index in [1.54, 1.807) is 0 Å². The van der Waals surface area contributed by atoms with Crippen molar-refractivity contribution < 1.29 is 0 Å². The van der Waals surface area contributed by atoms with Crippen LogP contribution in [0.15, 0.2) is 12.3 Å². The lowest BCUT2D eigenvalue weighted by Crippen LogP contribution is -2.24. The molecule has 1 aliphatic rings. The normalized spacial score (nSPS) is 19.9. The van der Waals surface area contributed by atoms with Crippen molar-refractivity contribution in [3.05, 3.63) is 17.8 Å². The molecule has 2 N–H and O–H groups in total. The molecule has 0 saturated heterocycles. The molecule has 0 unspecified atom stereocenters. The number of fused-ring (bicyclic) bond motifs is 1. The van der Waals surface area contributed by atoms with Gasteiger partial charge in [-0.15, -0.1) is 0 Å². The first-order valence-electron chi connectivity index (χ1n) is 7.07. The largest absolute Gasteiger partial charge is 0.369 e. The van der Waals surface area contributed by atoms with Gasteiger partial charge in [0.25, 0.3) is 0 Å². The minimum Gasteiger partial charge on any atom is -0.369 e. The van der Waals surface area contributed by atoms with Crippen LogP contribution in [-0.2, 0) is 0 Å². The number of nitrogens with two attached hydrogens (primary N) is 1. The van der Waals surface area contributed by atoms with E-state index in [-0.39, 0.29) is 0 Å². The Bertz CT molecular complexity index is 602. The van der Waals surface area contributed by atoms with Gasteiger partial charge in [-0.3, -0.25) is 4.57 Å². The molecule has 0 radical (unpaired) electrons. The van der Waals surface area contributed by atoms with Crippen molar-refractivity contribution in [2.75, 3.05) is 5.73 Å². The third kappa shape index (κ3) is 2.09. The molecular weight excluding hydrogens is 236 g/mol. The second-order valence-electron chi connectivity index (χ2n) is 6.54. The van der Waals surface area contributed by atoms with Gasteiger partial charge < -0.3 is 5.73 Å². The highest BCUT2D eigenvalue weighted by atomic mass is 15.2. The molecule has 0 amide bonds. The molecule has 0 aliphatic heterocycles. The van der Waals surface area contributed by atoms with E-state index in [2.05, 4.69) is 35.3 Å². The first-order chi connectivity index (χ1) is 8.98. The minimum atomic E-state index is 0.451. The molecule has 0 atom stereocenters. The average molecular weight is 258 g/mol. The summed E-state index contributed by atoms with van der Waals surface area (Å²) in [6, 6.07) is 2.44. The zero-order valence-electron chi connectivity index (χ0n) is 12.0. The van der Waals surface area contributed by atoms with E-state index in [1.165, 1.54) is 12.8 Å². The van der Waals surface area contributed by atoms with Crippen molar-refractivity contribution in [1.29, 1.82) is 0 Å². The van der Waals surface area contributed by atoms with Crippen LogP contribution >= 0.6 is 0 Å². The highest BCUT2D eigenvalue weighted by Gasteiger charge is 2.29. The van der Waals surface area contributed by atoms with Gasteiger partial charge in [-0.2, -0.15) is 0 Å². The van der Waals surface area contributed by atoms with Crippen molar-refractivity contribution >= 4 is 17.1 Å². The molecule has 2 aromatic heterocycles. The van der Waals surface area contributed by atoms with Crippen LogP contribution in [-0.4, -0.2) is 14.5 Å². The average Bonchev–Trinajstić information content (AvgIpc) is 2.68. The number of hydrogen-bond donors (Lipinski definition) is 1.